The topological polar surface area (TPSA) is 67.5 Å². The van der Waals surface area contributed by atoms with Crippen molar-refractivity contribution in [1.82, 2.24) is 14.9 Å². The molecule has 8 heteroatoms. The predicted molar refractivity (Wildman–Crippen MR) is 123 cm³/mol. The van der Waals surface area contributed by atoms with Crippen molar-refractivity contribution < 1.29 is 23.0 Å². The predicted octanol–water partition coefficient (Wildman–Crippen LogP) is 4.95. The van der Waals surface area contributed by atoms with Crippen LogP contribution in [0.3, 0.4) is 0 Å². The number of methoxy groups -OCH3 is 1. The van der Waals surface area contributed by atoms with Crippen LogP contribution in [0.15, 0.2) is 36.5 Å². The van der Waals surface area contributed by atoms with E-state index in [4.69, 9.17) is 9.47 Å². The molecule has 0 unspecified atom stereocenters. The molecule has 0 spiro atoms. The van der Waals surface area contributed by atoms with Crippen LogP contribution >= 0.6 is 0 Å². The number of rotatable bonds is 5. The van der Waals surface area contributed by atoms with Gasteiger partial charge in [-0.25, -0.2) is 13.8 Å². The fraction of sp³-hybridized carbons (Fsp3) is 0.360. The molecule has 0 aliphatic carbocycles. The summed E-state index contributed by atoms with van der Waals surface area (Å²) >= 11 is 0. The molecule has 0 amide bonds. The Labute approximate surface area is 191 Å². The second-order valence-electron chi connectivity index (χ2n) is 9.07. The minimum atomic E-state index is -0.959. The van der Waals surface area contributed by atoms with Gasteiger partial charge in [0.1, 0.15) is 17.0 Å². The summed E-state index contributed by atoms with van der Waals surface area (Å²) in [7, 11) is 1.42. The van der Waals surface area contributed by atoms with Crippen LogP contribution < -0.4 is 4.74 Å². The van der Waals surface area contributed by atoms with E-state index in [1.807, 2.05) is 31.7 Å². The van der Waals surface area contributed by atoms with Gasteiger partial charge in [0.05, 0.1) is 13.7 Å². The van der Waals surface area contributed by atoms with Crippen molar-refractivity contribution >= 4 is 22.6 Å². The fourth-order valence-corrected chi connectivity index (χ4v) is 4.00. The molecule has 3 heterocycles. The van der Waals surface area contributed by atoms with Gasteiger partial charge in [-0.2, -0.15) is 0 Å². The Bertz CT molecular complexity index is 1230. The number of nitrogens with one attached hydrogen (secondary N) is 1. The van der Waals surface area contributed by atoms with Crippen molar-refractivity contribution in [3.63, 3.8) is 0 Å². The first-order valence-corrected chi connectivity index (χ1v) is 10.8. The lowest BCUT2D eigenvalue weighted by atomic mass is 10.0. The highest BCUT2D eigenvalue weighted by atomic mass is 19.2. The highest BCUT2D eigenvalue weighted by Crippen LogP contribution is 2.37. The van der Waals surface area contributed by atoms with Crippen LogP contribution in [0.4, 0.5) is 8.78 Å². The third kappa shape index (κ3) is 5.06. The second kappa shape index (κ2) is 8.94. The van der Waals surface area contributed by atoms with Crippen LogP contribution in [0.5, 0.6) is 5.75 Å². The number of aromatic nitrogens is 2. The Morgan fingerprint density at radius 1 is 1.18 bits per heavy atom. The number of H-pyrrole nitrogens is 1. The van der Waals surface area contributed by atoms with Gasteiger partial charge in [-0.1, -0.05) is 6.08 Å². The molecular weight excluding hydrogens is 428 g/mol. The molecule has 0 saturated heterocycles. The van der Waals surface area contributed by atoms with Crippen molar-refractivity contribution in [2.75, 3.05) is 26.7 Å². The molecule has 0 fully saturated rings. The zero-order valence-electron chi connectivity index (χ0n) is 19.2. The summed E-state index contributed by atoms with van der Waals surface area (Å²) in [5, 5.41) is 0.786. The number of carbonyl (C=O) groups excluding carboxylic acids is 1. The van der Waals surface area contributed by atoms with E-state index in [1.54, 1.807) is 12.3 Å². The SMILES string of the molecule is COc1cc(F)c(F)cc1-c1ccnc2[nH]c(C3=CCN(CC(=O)OC(C)(C)C)CC3)cc12. The van der Waals surface area contributed by atoms with Gasteiger partial charge < -0.3 is 14.5 Å². The number of aromatic amines is 1. The number of nitrogens with zero attached hydrogens (tertiary/aromatic N) is 2. The maximum atomic E-state index is 14.0. The number of benzene rings is 1. The van der Waals surface area contributed by atoms with Crippen LogP contribution in [0.2, 0.25) is 0 Å². The van der Waals surface area contributed by atoms with Gasteiger partial charge in [-0.15, -0.1) is 0 Å². The largest absolute Gasteiger partial charge is 0.496 e. The fourth-order valence-electron chi connectivity index (χ4n) is 4.00. The molecule has 1 aliphatic rings. The average molecular weight is 456 g/mol. The molecule has 0 radical (unpaired) electrons. The molecule has 2 aromatic heterocycles. The zero-order chi connectivity index (χ0) is 23.8. The summed E-state index contributed by atoms with van der Waals surface area (Å²) in [4.78, 5) is 21.9. The Balaban J connectivity index is 1.59. The van der Waals surface area contributed by atoms with Gasteiger partial charge in [0.25, 0.3) is 0 Å². The van der Waals surface area contributed by atoms with E-state index in [1.165, 1.54) is 7.11 Å². The summed E-state index contributed by atoms with van der Waals surface area (Å²) in [6.45, 7) is 7.15. The molecule has 0 atom stereocenters. The summed E-state index contributed by atoms with van der Waals surface area (Å²) in [6, 6.07) is 5.91. The quantitative estimate of drug-likeness (QED) is 0.552. The minimum absolute atomic E-state index is 0.237. The first-order valence-electron chi connectivity index (χ1n) is 10.8. The Kier molecular flexibility index (Phi) is 6.21. The van der Waals surface area contributed by atoms with Gasteiger partial charge in [-0.3, -0.25) is 9.69 Å². The second-order valence-corrected chi connectivity index (χ2v) is 9.07. The van der Waals surface area contributed by atoms with Crippen molar-refractivity contribution in [2.24, 2.45) is 0 Å². The Hall–Kier alpha value is -3.26. The molecule has 1 N–H and O–H groups in total. The summed E-state index contributed by atoms with van der Waals surface area (Å²) < 4.78 is 38.4. The van der Waals surface area contributed by atoms with Crippen LogP contribution in [0, 0.1) is 11.6 Å². The van der Waals surface area contributed by atoms with Crippen LogP contribution in [0.25, 0.3) is 27.7 Å². The summed E-state index contributed by atoms with van der Waals surface area (Å²) in [5.74, 6) is -1.89. The standard InChI is InChI=1S/C25H27F2N3O3/c1-25(2,3)33-23(31)14-30-9-6-15(7-10-30)21-12-18-16(5-8-28-24(18)29-21)17-11-19(26)20(27)13-22(17)32-4/h5-6,8,11-13H,7,9-10,14H2,1-4H3,(H,28,29). The monoisotopic (exact) mass is 455 g/mol. The lowest BCUT2D eigenvalue weighted by Crippen LogP contribution is -2.37. The first kappa shape index (κ1) is 22.9. The number of halogens is 2. The van der Waals surface area contributed by atoms with E-state index in [0.29, 0.717) is 23.3 Å². The van der Waals surface area contributed by atoms with Gasteiger partial charge in [0.15, 0.2) is 11.6 Å². The Morgan fingerprint density at radius 3 is 2.61 bits per heavy atom. The molecule has 0 bridgehead atoms. The number of fused-ring (bicyclic) bond motifs is 1. The minimum Gasteiger partial charge on any atom is -0.496 e. The van der Waals surface area contributed by atoms with E-state index in [-0.39, 0.29) is 18.3 Å². The van der Waals surface area contributed by atoms with E-state index in [9.17, 15) is 13.6 Å². The maximum Gasteiger partial charge on any atom is 0.320 e. The van der Waals surface area contributed by atoms with Crippen molar-refractivity contribution in [3.8, 4) is 16.9 Å². The molecule has 1 aromatic carbocycles. The van der Waals surface area contributed by atoms with Crippen molar-refractivity contribution in [1.29, 1.82) is 0 Å². The van der Waals surface area contributed by atoms with E-state index in [2.05, 4.69) is 16.0 Å². The maximum absolute atomic E-state index is 14.0. The van der Waals surface area contributed by atoms with Gasteiger partial charge in [0, 0.05) is 42.0 Å². The summed E-state index contributed by atoms with van der Waals surface area (Å²) in [5.41, 5.74) is 3.31. The van der Waals surface area contributed by atoms with E-state index < -0.39 is 17.2 Å². The lowest BCUT2D eigenvalue weighted by Gasteiger charge is -2.27. The molecular formula is C25H27F2N3O3. The van der Waals surface area contributed by atoms with Crippen molar-refractivity contribution in [2.45, 2.75) is 32.8 Å². The number of pyridine rings is 1. The molecule has 3 aromatic rings. The number of hydrogen-bond acceptors (Lipinski definition) is 5. The lowest BCUT2D eigenvalue weighted by molar-refractivity contribution is -0.156. The van der Waals surface area contributed by atoms with Gasteiger partial charge in [-0.05, 0) is 56.5 Å². The summed E-state index contributed by atoms with van der Waals surface area (Å²) in [6.07, 6.45) is 4.45. The number of hydrogen-bond donors (Lipinski definition) is 1. The molecule has 33 heavy (non-hydrogen) atoms. The molecule has 1 aliphatic heterocycles. The van der Waals surface area contributed by atoms with E-state index >= 15 is 0 Å². The third-order valence-corrected chi connectivity index (χ3v) is 5.48. The molecule has 4 rings (SSSR count). The van der Waals surface area contributed by atoms with Crippen LogP contribution in [-0.4, -0.2) is 53.2 Å². The molecule has 174 valence electrons. The van der Waals surface area contributed by atoms with Crippen molar-refractivity contribution in [3.05, 3.63) is 53.9 Å². The van der Waals surface area contributed by atoms with Gasteiger partial charge in [0.2, 0.25) is 0 Å². The molecule has 6 nitrogen and oxygen atoms in total. The zero-order valence-corrected chi connectivity index (χ0v) is 19.2. The normalized spacial score (nSPS) is 14.9. The molecule has 0 saturated carbocycles. The average Bonchev–Trinajstić information content (AvgIpc) is 3.19. The van der Waals surface area contributed by atoms with E-state index in [0.717, 1.165) is 41.8 Å². The van der Waals surface area contributed by atoms with Crippen LogP contribution in [0.1, 0.15) is 32.9 Å². The first-order chi connectivity index (χ1) is 15.6. The van der Waals surface area contributed by atoms with Gasteiger partial charge >= 0.3 is 5.97 Å². The number of carbonyl (C=O) groups is 1. The van der Waals surface area contributed by atoms with Crippen LogP contribution in [-0.2, 0) is 9.53 Å². The highest BCUT2D eigenvalue weighted by molar-refractivity contribution is 5.96. The smallest absolute Gasteiger partial charge is 0.320 e. The highest BCUT2D eigenvalue weighted by Gasteiger charge is 2.22. The number of ether oxygens (including phenoxy) is 2. The number of esters is 1. The Morgan fingerprint density at radius 2 is 1.94 bits per heavy atom. The third-order valence-electron chi connectivity index (χ3n) is 5.48.